The van der Waals surface area contributed by atoms with E-state index >= 15 is 0 Å². The fourth-order valence-corrected chi connectivity index (χ4v) is 3.80. The molecule has 0 radical (unpaired) electrons. The van der Waals surface area contributed by atoms with Gasteiger partial charge in [0.05, 0.1) is 0 Å². The maximum Gasteiger partial charge on any atom is 0.156 e. The summed E-state index contributed by atoms with van der Waals surface area (Å²) >= 11 is 3.94. The number of halogens is 1. The molecule has 2 aromatic heterocycles. The first-order valence-corrected chi connectivity index (χ1v) is 9.76. The molecule has 1 aliphatic heterocycles. The summed E-state index contributed by atoms with van der Waals surface area (Å²) in [6.07, 6.45) is 3.20. The average Bonchev–Trinajstić information content (AvgIpc) is 2.83. The van der Waals surface area contributed by atoms with Gasteiger partial charge in [-0.2, -0.15) is 9.51 Å². The van der Waals surface area contributed by atoms with Gasteiger partial charge in [0.25, 0.3) is 0 Å². The highest BCUT2D eigenvalue weighted by Crippen LogP contribution is 2.31. The van der Waals surface area contributed by atoms with E-state index in [1.165, 1.54) is 10.7 Å². The molecule has 0 aromatic carbocycles. The van der Waals surface area contributed by atoms with Crippen LogP contribution >= 0.6 is 11.6 Å². The molecule has 8 nitrogen and oxygen atoms in total. The summed E-state index contributed by atoms with van der Waals surface area (Å²) in [5.41, 5.74) is 4.89. The number of rotatable bonds is 8. The lowest BCUT2D eigenvalue weighted by molar-refractivity contribution is 0.265. The van der Waals surface area contributed by atoms with E-state index in [4.69, 9.17) is 11.6 Å². The average molecular weight is 386 g/mol. The molecular weight excluding hydrogens is 364 g/mol. The van der Waals surface area contributed by atoms with E-state index in [1.54, 1.807) is 4.52 Å². The van der Waals surface area contributed by atoms with Crippen molar-refractivity contribution in [2.24, 2.45) is 5.92 Å². The first-order valence-electron chi connectivity index (χ1n) is 8.35. The molecule has 1 N–H and O–H groups in total. The number of fused-ring (bicyclic) bond motifs is 1. The quantitative estimate of drug-likeness (QED) is 0.547. The third kappa shape index (κ3) is 3.95. The van der Waals surface area contributed by atoms with Crippen LogP contribution in [0.5, 0.6) is 0 Å². The van der Waals surface area contributed by atoms with E-state index in [0.29, 0.717) is 24.2 Å². The molecule has 1 fully saturated rings. The lowest BCUT2D eigenvalue weighted by atomic mass is 9.96. The molecule has 0 saturated carbocycles. The summed E-state index contributed by atoms with van der Waals surface area (Å²) in [7, 11) is 0. The topological polar surface area (TPSA) is 88.8 Å². The molecule has 138 valence electrons. The standard InChI is InChI=1S/C15H23ClN6O2S/c1-3-5-18-21(25(23)24)6-4-12-8-20(9-12)15-14-11(2)7-13(16)22(14)19-10-17-15/h7,10,12,18H,3-6,8-9H2,1-2H3,(H,23,24)/p-1. The number of nitrogens with zero attached hydrogens (tertiary/aromatic N) is 5. The first kappa shape index (κ1) is 18.5. The number of aryl methyl sites for hydroxylation is 1. The molecule has 0 amide bonds. The van der Waals surface area contributed by atoms with Gasteiger partial charge in [-0.25, -0.2) is 14.9 Å². The van der Waals surface area contributed by atoms with E-state index in [0.717, 1.165) is 42.8 Å². The van der Waals surface area contributed by atoms with Crippen molar-refractivity contribution >= 4 is 34.2 Å². The second kappa shape index (κ2) is 7.96. The van der Waals surface area contributed by atoms with Gasteiger partial charge in [-0.15, -0.1) is 0 Å². The van der Waals surface area contributed by atoms with Crippen molar-refractivity contribution in [2.45, 2.75) is 26.7 Å². The number of hydrazine groups is 1. The Kier molecular flexibility index (Phi) is 5.90. The van der Waals surface area contributed by atoms with Crippen molar-refractivity contribution in [3.8, 4) is 0 Å². The molecule has 1 atom stereocenters. The first-order chi connectivity index (χ1) is 12.0. The molecule has 0 bridgehead atoms. The number of anilines is 1. The van der Waals surface area contributed by atoms with Crippen molar-refractivity contribution in [3.05, 3.63) is 23.1 Å². The van der Waals surface area contributed by atoms with Gasteiger partial charge < -0.3 is 9.45 Å². The van der Waals surface area contributed by atoms with Gasteiger partial charge in [-0.05, 0) is 37.3 Å². The van der Waals surface area contributed by atoms with Gasteiger partial charge >= 0.3 is 0 Å². The predicted molar refractivity (Wildman–Crippen MR) is 97.0 cm³/mol. The molecule has 1 aliphatic rings. The third-order valence-corrected chi connectivity index (χ3v) is 5.34. The molecule has 25 heavy (non-hydrogen) atoms. The Labute approximate surface area is 154 Å². The molecule has 3 heterocycles. The van der Waals surface area contributed by atoms with Gasteiger partial charge in [0.2, 0.25) is 0 Å². The van der Waals surface area contributed by atoms with Crippen LogP contribution in [0, 0.1) is 12.8 Å². The highest BCUT2D eigenvalue weighted by Gasteiger charge is 2.30. The van der Waals surface area contributed by atoms with E-state index in [2.05, 4.69) is 20.4 Å². The van der Waals surface area contributed by atoms with Gasteiger partial charge in [-0.3, -0.25) is 4.21 Å². The molecule has 0 spiro atoms. The number of aromatic nitrogens is 3. The van der Waals surface area contributed by atoms with Gasteiger partial charge in [0.1, 0.15) is 17.0 Å². The Balaban J connectivity index is 1.59. The van der Waals surface area contributed by atoms with E-state index in [9.17, 15) is 8.76 Å². The summed E-state index contributed by atoms with van der Waals surface area (Å²) in [5, 5.41) is 4.77. The van der Waals surface area contributed by atoms with E-state index < -0.39 is 11.3 Å². The highest BCUT2D eigenvalue weighted by atomic mass is 35.5. The van der Waals surface area contributed by atoms with Gasteiger partial charge in [0, 0.05) is 37.4 Å². The number of hydrogen-bond acceptors (Lipinski definition) is 6. The van der Waals surface area contributed by atoms with Crippen LogP contribution in [0.2, 0.25) is 5.15 Å². The van der Waals surface area contributed by atoms with Crippen LogP contribution in [-0.4, -0.2) is 54.0 Å². The SMILES string of the molecule is CCCNN(CCC1CN(c2ncnn3c(Cl)cc(C)c23)C1)S(=O)[O-]. The Morgan fingerprint density at radius 3 is 2.96 bits per heavy atom. The van der Waals surface area contributed by atoms with E-state index in [-0.39, 0.29) is 0 Å². The van der Waals surface area contributed by atoms with Crippen LogP contribution in [0.3, 0.4) is 0 Å². The van der Waals surface area contributed by atoms with Crippen molar-refractivity contribution in [2.75, 3.05) is 31.1 Å². The summed E-state index contributed by atoms with van der Waals surface area (Å²) in [4.78, 5) is 6.60. The third-order valence-electron chi connectivity index (χ3n) is 4.40. The maximum absolute atomic E-state index is 11.2. The molecular formula is C15H22ClN6O2S-. The zero-order valence-corrected chi connectivity index (χ0v) is 15.9. The van der Waals surface area contributed by atoms with Crippen LogP contribution < -0.4 is 10.3 Å². The van der Waals surface area contributed by atoms with Crippen LogP contribution in [0.25, 0.3) is 5.52 Å². The Morgan fingerprint density at radius 1 is 1.52 bits per heavy atom. The van der Waals surface area contributed by atoms with Crippen molar-refractivity contribution in [1.82, 2.24) is 24.4 Å². The smallest absolute Gasteiger partial charge is 0.156 e. The minimum Gasteiger partial charge on any atom is -0.759 e. The zero-order valence-electron chi connectivity index (χ0n) is 14.3. The second-order valence-corrected chi connectivity index (χ2v) is 7.54. The monoisotopic (exact) mass is 385 g/mol. The Morgan fingerprint density at radius 2 is 2.28 bits per heavy atom. The minimum atomic E-state index is -2.24. The Bertz CT molecular complexity index is 764. The molecule has 10 heteroatoms. The van der Waals surface area contributed by atoms with Crippen LogP contribution in [0.4, 0.5) is 5.82 Å². The number of hydrogen-bond donors (Lipinski definition) is 1. The maximum atomic E-state index is 11.2. The molecule has 1 saturated heterocycles. The highest BCUT2D eigenvalue weighted by molar-refractivity contribution is 7.76. The summed E-state index contributed by atoms with van der Waals surface area (Å²) in [6.45, 7) is 6.82. The van der Waals surface area contributed by atoms with Crippen LogP contribution in [0.15, 0.2) is 12.4 Å². The largest absolute Gasteiger partial charge is 0.759 e. The van der Waals surface area contributed by atoms with Gasteiger partial charge in [0.15, 0.2) is 5.82 Å². The summed E-state index contributed by atoms with van der Waals surface area (Å²) in [6, 6.07) is 1.88. The molecule has 1 unspecified atom stereocenters. The summed E-state index contributed by atoms with van der Waals surface area (Å²) < 4.78 is 25.4. The van der Waals surface area contributed by atoms with Crippen molar-refractivity contribution in [3.63, 3.8) is 0 Å². The normalized spacial score (nSPS) is 16.6. The zero-order chi connectivity index (χ0) is 18.0. The van der Waals surface area contributed by atoms with Crippen molar-refractivity contribution in [1.29, 1.82) is 0 Å². The molecule has 0 aliphatic carbocycles. The van der Waals surface area contributed by atoms with Crippen LogP contribution in [0.1, 0.15) is 25.3 Å². The number of nitrogens with one attached hydrogen (secondary N) is 1. The predicted octanol–water partition coefficient (Wildman–Crippen LogP) is 1.53. The molecule has 3 rings (SSSR count). The fourth-order valence-electron chi connectivity index (χ4n) is 3.06. The van der Waals surface area contributed by atoms with Crippen LogP contribution in [-0.2, 0) is 11.3 Å². The van der Waals surface area contributed by atoms with Gasteiger partial charge in [-0.1, -0.05) is 18.5 Å². The Hall–Kier alpha value is -1.26. The summed E-state index contributed by atoms with van der Waals surface area (Å²) in [5.74, 6) is 1.32. The lowest BCUT2D eigenvalue weighted by Gasteiger charge is -2.41. The van der Waals surface area contributed by atoms with E-state index in [1.807, 2.05) is 19.9 Å². The van der Waals surface area contributed by atoms with Crippen molar-refractivity contribution < 1.29 is 8.76 Å². The second-order valence-electron chi connectivity index (χ2n) is 6.28. The molecule has 2 aromatic rings. The minimum absolute atomic E-state index is 0.440. The fraction of sp³-hybridized carbons (Fsp3) is 0.600. The lowest BCUT2D eigenvalue weighted by Crippen LogP contribution is -2.49.